The van der Waals surface area contributed by atoms with E-state index in [-0.39, 0.29) is 36.3 Å². The van der Waals surface area contributed by atoms with Gasteiger partial charge in [-0.2, -0.15) is 0 Å². The Balaban J connectivity index is 0.00000243. The molecule has 3 rings (SSSR count). The number of hydrogen-bond acceptors (Lipinski definition) is 3. The number of piperidine rings is 2. The van der Waals surface area contributed by atoms with Crippen LogP contribution in [-0.4, -0.2) is 60.0 Å². The first-order valence-corrected chi connectivity index (χ1v) is 10.1. The summed E-state index contributed by atoms with van der Waals surface area (Å²) in [5, 5.41) is 3.15. The largest absolute Gasteiger partial charge is 0.342 e. The van der Waals surface area contributed by atoms with Crippen molar-refractivity contribution in [1.29, 1.82) is 0 Å². The average Bonchev–Trinajstić information content (AvgIpc) is 3.14. The Kier molecular flexibility index (Phi) is 8.02. The lowest BCUT2D eigenvalue weighted by molar-refractivity contribution is -0.138. The fourth-order valence-electron chi connectivity index (χ4n) is 4.60. The molecule has 2 aliphatic heterocycles. The number of urea groups is 1. The highest BCUT2D eigenvalue weighted by atomic mass is 35.5. The van der Waals surface area contributed by atoms with Crippen molar-refractivity contribution in [2.24, 2.45) is 17.6 Å². The summed E-state index contributed by atoms with van der Waals surface area (Å²) in [5.74, 6) is 0.737. The van der Waals surface area contributed by atoms with Crippen molar-refractivity contribution in [3.63, 3.8) is 0 Å². The Morgan fingerprint density at radius 1 is 0.962 bits per heavy atom. The molecule has 3 fully saturated rings. The van der Waals surface area contributed by atoms with E-state index < -0.39 is 0 Å². The number of carbonyl (C=O) groups excluding carboxylic acids is 2. The smallest absolute Gasteiger partial charge is 0.317 e. The van der Waals surface area contributed by atoms with Crippen LogP contribution in [0.4, 0.5) is 4.79 Å². The molecule has 26 heavy (non-hydrogen) atoms. The molecule has 2 saturated heterocycles. The Labute approximate surface area is 163 Å². The normalized spacial score (nSPS) is 26.3. The third-order valence-electron chi connectivity index (χ3n) is 6.34. The molecular weight excluding hydrogens is 352 g/mol. The molecule has 0 aromatic rings. The first-order valence-electron chi connectivity index (χ1n) is 10.1. The first kappa shape index (κ1) is 21.3. The molecule has 3 amide bonds. The summed E-state index contributed by atoms with van der Waals surface area (Å²) < 4.78 is 0. The molecule has 3 N–H and O–H groups in total. The highest BCUT2D eigenvalue weighted by Crippen LogP contribution is 2.25. The lowest BCUT2D eigenvalue weighted by Crippen LogP contribution is -2.52. The summed E-state index contributed by atoms with van der Waals surface area (Å²) >= 11 is 0. The second-order valence-electron chi connectivity index (χ2n) is 8.24. The van der Waals surface area contributed by atoms with Crippen LogP contribution in [0.3, 0.4) is 0 Å². The Bertz CT molecular complexity index is 474. The van der Waals surface area contributed by atoms with E-state index in [1.54, 1.807) is 0 Å². The molecule has 1 aliphatic carbocycles. The van der Waals surface area contributed by atoms with E-state index >= 15 is 0 Å². The summed E-state index contributed by atoms with van der Waals surface area (Å²) in [6.45, 7) is 5.04. The van der Waals surface area contributed by atoms with Gasteiger partial charge in [0.15, 0.2) is 0 Å². The monoisotopic (exact) mass is 386 g/mol. The van der Waals surface area contributed by atoms with Crippen molar-refractivity contribution < 1.29 is 9.59 Å². The number of rotatable bonds is 3. The van der Waals surface area contributed by atoms with Crippen molar-refractivity contribution in [2.75, 3.05) is 26.2 Å². The molecule has 0 aromatic heterocycles. The molecule has 0 spiro atoms. The van der Waals surface area contributed by atoms with Crippen LogP contribution in [-0.2, 0) is 4.79 Å². The molecule has 2 heterocycles. The number of nitrogens with zero attached hydrogens (tertiary/aromatic N) is 2. The van der Waals surface area contributed by atoms with Gasteiger partial charge in [0.05, 0.1) is 5.92 Å². The maximum absolute atomic E-state index is 12.9. The van der Waals surface area contributed by atoms with Gasteiger partial charge in [-0.15, -0.1) is 12.4 Å². The summed E-state index contributed by atoms with van der Waals surface area (Å²) in [6.07, 6.45) is 8.44. The fraction of sp³-hybridized carbons (Fsp3) is 0.895. The van der Waals surface area contributed by atoms with E-state index in [0.29, 0.717) is 18.5 Å². The van der Waals surface area contributed by atoms with Gasteiger partial charge < -0.3 is 20.9 Å². The van der Waals surface area contributed by atoms with E-state index in [0.717, 1.165) is 58.2 Å². The molecule has 150 valence electrons. The van der Waals surface area contributed by atoms with E-state index in [2.05, 4.69) is 12.2 Å². The first-order chi connectivity index (χ1) is 12.0. The molecule has 7 heteroatoms. The predicted octanol–water partition coefficient (Wildman–Crippen LogP) is 2.36. The minimum absolute atomic E-state index is 0. The van der Waals surface area contributed by atoms with Gasteiger partial charge in [-0.05, 0) is 51.4 Å². The number of carbonyl (C=O) groups is 2. The number of hydrogen-bond donors (Lipinski definition) is 2. The minimum Gasteiger partial charge on any atom is -0.342 e. The van der Waals surface area contributed by atoms with E-state index in [1.165, 1.54) is 12.8 Å². The zero-order valence-electron chi connectivity index (χ0n) is 16.0. The minimum atomic E-state index is -0.0325. The van der Waals surface area contributed by atoms with Crippen LogP contribution in [0.1, 0.15) is 58.3 Å². The molecule has 6 nitrogen and oxygen atoms in total. The van der Waals surface area contributed by atoms with E-state index in [1.807, 2.05) is 9.80 Å². The van der Waals surface area contributed by atoms with E-state index in [4.69, 9.17) is 5.73 Å². The molecular formula is C19H35ClN4O2. The number of amides is 3. The van der Waals surface area contributed by atoms with Crippen LogP contribution in [0, 0.1) is 11.8 Å². The number of nitrogens with two attached hydrogens (primary N) is 1. The number of likely N-dealkylation sites (tertiary alicyclic amines) is 2. The summed E-state index contributed by atoms with van der Waals surface area (Å²) in [4.78, 5) is 29.2. The Hall–Kier alpha value is -1.01. The summed E-state index contributed by atoms with van der Waals surface area (Å²) in [5.41, 5.74) is 6.00. The van der Waals surface area contributed by atoms with Gasteiger partial charge in [0.1, 0.15) is 0 Å². The lowest BCUT2D eigenvalue weighted by atomic mass is 9.89. The van der Waals surface area contributed by atoms with Gasteiger partial charge in [0.25, 0.3) is 0 Å². The molecule has 2 unspecified atom stereocenters. The summed E-state index contributed by atoms with van der Waals surface area (Å²) in [6, 6.07) is 0.572. The maximum atomic E-state index is 12.9. The average molecular weight is 387 g/mol. The van der Waals surface area contributed by atoms with Crippen molar-refractivity contribution in [3.8, 4) is 0 Å². The van der Waals surface area contributed by atoms with Crippen molar-refractivity contribution in [1.82, 2.24) is 15.1 Å². The number of halogens is 1. The maximum Gasteiger partial charge on any atom is 0.317 e. The SMILES string of the molecule is CC(N)C1CCN(C(=O)C2CCCN(C(=O)NC3CCCC3)C2)CC1.Cl. The quantitative estimate of drug-likeness (QED) is 0.781. The van der Waals surface area contributed by atoms with Crippen LogP contribution < -0.4 is 11.1 Å². The molecule has 0 radical (unpaired) electrons. The van der Waals surface area contributed by atoms with Crippen LogP contribution in [0.15, 0.2) is 0 Å². The number of nitrogens with one attached hydrogen (secondary N) is 1. The van der Waals surface area contributed by atoms with Crippen molar-refractivity contribution in [2.45, 2.75) is 70.4 Å². The fourth-order valence-corrected chi connectivity index (χ4v) is 4.60. The third-order valence-corrected chi connectivity index (χ3v) is 6.34. The topological polar surface area (TPSA) is 78.7 Å². The second-order valence-corrected chi connectivity index (χ2v) is 8.24. The van der Waals surface area contributed by atoms with Gasteiger partial charge >= 0.3 is 6.03 Å². The van der Waals surface area contributed by atoms with Crippen molar-refractivity contribution in [3.05, 3.63) is 0 Å². The van der Waals surface area contributed by atoms with Crippen LogP contribution in [0.5, 0.6) is 0 Å². The second kappa shape index (κ2) is 9.79. The van der Waals surface area contributed by atoms with Crippen LogP contribution >= 0.6 is 12.4 Å². The molecule has 1 saturated carbocycles. The van der Waals surface area contributed by atoms with Gasteiger partial charge in [-0.25, -0.2) is 4.79 Å². The molecule has 3 aliphatic rings. The summed E-state index contributed by atoms with van der Waals surface area (Å²) in [7, 11) is 0. The highest BCUT2D eigenvalue weighted by Gasteiger charge is 2.34. The molecule has 2 atom stereocenters. The molecule has 0 bridgehead atoms. The molecule has 0 aromatic carbocycles. The lowest BCUT2D eigenvalue weighted by Gasteiger charge is -2.38. The predicted molar refractivity (Wildman–Crippen MR) is 105 cm³/mol. The van der Waals surface area contributed by atoms with Crippen LogP contribution in [0.2, 0.25) is 0 Å². The Morgan fingerprint density at radius 3 is 2.23 bits per heavy atom. The van der Waals surface area contributed by atoms with Gasteiger partial charge in [-0.1, -0.05) is 12.8 Å². The van der Waals surface area contributed by atoms with Crippen molar-refractivity contribution >= 4 is 24.3 Å². The Morgan fingerprint density at radius 2 is 1.62 bits per heavy atom. The zero-order chi connectivity index (χ0) is 17.8. The standard InChI is InChI=1S/C19H34N4O2.ClH/c1-14(20)15-8-11-22(12-9-15)18(24)16-5-4-10-23(13-16)19(25)21-17-6-2-3-7-17;/h14-17H,2-13,20H2,1H3,(H,21,25);1H. The van der Waals surface area contributed by atoms with Gasteiger partial charge in [0.2, 0.25) is 5.91 Å². The van der Waals surface area contributed by atoms with E-state index in [9.17, 15) is 9.59 Å². The van der Waals surface area contributed by atoms with Gasteiger partial charge in [-0.3, -0.25) is 4.79 Å². The van der Waals surface area contributed by atoms with Crippen LogP contribution in [0.25, 0.3) is 0 Å². The van der Waals surface area contributed by atoms with Gasteiger partial charge in [0, 0.05) is 38.3 Å². The zero-order valence-corrected chi connectivity index (χ0v) is 16.8. The highest BCUT2D eigenvalue weighted by molar-refractivity contribution is 5.85. The third kappa shape index (κ3) is 5.26.